The number of hydrogen-bond acceptors (Lipinski definition) is 5. The van der Waals surface area contributed by atoms with E-state index in [0.29, 0.717) is 18.5 Å². The third kappa shape index (κ3) is 4.74. The van der Waals surface area contributed by atoms with E-state index in [9.17, 15) is 0 Å². The van der Waals surface area contributed by atoms with Gasteiger partial charge in [0.15, 0.2) is 11.7 Å². The predicted molar refractivity (Wildman–Crippen MR) is 103 cm³/mol. The van der Waals surface area contributed by atoms with E-state index in [-0.39, 0.29) is 0 Å². The highest BCUT2D eigenvalue weighted by molar-refractivity contribution is 5.79. The van der Waals surface area contributed by atoms with Crippen LogP contribution in [0.25, 0.3) is 0 Å². The Labute approximate surface area is 154 Å². The van der Waals surface area contributed by atoms with Crippen LogP contribution in [0.1, 0.15) is 44.1 Å². The molecule has 0 aliphatic carbocycles. The fourth-order valence-corrected chi connectivity index (χ4v) is 3.04. The Balaban J connectivity index is 1.45. The van der Waals surface area contributed by atoms with Gasteiger partial charge in [0.25, 0.3) is 0 Å². The van der Waals surface area contributed by atoms with Crippen LogP contribution in [-0.4, -0.2) is 42.3 Å². The summed E-state index contributed by atoms with van der Waals surface area (Å²) in [4.78, 5) is 11.1. The number of rotatable bonds is 5. The summed E-state index contributed by atoms with van der Waals surface area (Å²) in [6, 6.07) is 8.45. The van der Waals surface area contributed by atoms with Gasteiger partial charge in [0, 0.05) is 38.4 Å². The Morgan fingerprint density at radius 1 is 1.35 bits per heavy atom. The van der Waals surface area contributed by atoms with Crippen molar-refractivity contribution in [2.24, 2.45) is 4.99 Å². The summed E-state index contributed by atoms with van der Waals surface area (Å²) < 4.78 is 5.37. The highest BCUT2D eigenvalue weighted by Gasteiger charge is 2.20. The van der Waals surface area contributed by atoms with Crippen molar-refractivity contribution in [1.82, 2.24) is 20.8 Å². The maximum atomic E-state index is 5.37. The van der Waals surface area contributed by atoms with Crippen molar-refractivity contribution in [1.29, 1.82) is 0 Å². The first-order valence-corrected chi connectivity index (χ1v) is 9.24. The molecule has 2 N–H and O–H groups in total. The highest BCUT2D eigenvalue weighted by Crippen LogP contribution is 2.17. The molecular weight excluding hydrogens is 328 g/mol. The standard InChI is InChI=1S/C19H28N6O/c1-14(2)17-12-16(26-24-17)13-22-19(20-3)23-15-7-10-25(11-8-15)18-6-4-5-9-21-18/h4-6,9,12,14-15H,7-8,10-11,13H2,1-3H3,(H2,20,22,23). The number of nitrogens with zero attached hydrogens (tertiary/aromatic N) is 4. The van der Waals surface area contributed by atoms with Crippen molar-refractivity contribution in [2.45, 2.75) is 45.2 Å². The van der Waals surface area contributed by atoms with Crippen LogP contribution in [0, 0.1) is 0 Å². The third-order valence-electron chi connectivity index (χ3n) is 4.63. The van der Waals surface area contributed by atoms with Crippen molar-refractivity contribution in [2.75, 3.05) is 25.0 Å². The number of nitrogens with one attached hydrogen (secondary N) is 2. The van der Waals surface area contributed by atoms with Gasteiger partial charge >= 0.3 is 0 Å². The smallest absolute Gasteiger partial charge is 0.191 e. The van der Waals surface area contributed by atoms with Crippen molar-refractivity contribution in [3.63, 3.8) is 0 Å². The topological polar surface area (TPSA) is 78.6 Å². The SMILES string of the molecule is CN=C(NCc1cc(C(C)C)no1)NC1CCN(c2ccccn2)CC1. The molecule has 26 heavy (non-hydrogen) atoms. The second kappa shape index (κ2) is 8.69. The Morgan fingerprint density at radius 2 is 2.15 bits per heavy atom. The molecule has 0 radical (unpaired) electrons. The van der Waals surface area contributed by atoms with Gasteiger partial charge in [0.05, 0.1) is 12.2 Å². The van der Waals surface area contributed by atoms with Crippen molar-refractivity contribution in [3.8, 4) is 0 Å². The van der Waals surface area contributed by atoms with Crippen LogP contribution in [0.15, 0.2) is 40.0 Å². The molecule has 1 fully saturated rings. The van der Waals surface area contributed by atoms with Crippen LogP contribution >= 0.6 is 0 Å². The zero-order valence-corrected chi connectivity index (χ0v) is 15.8. The Morgan fingerprint density at radius 3 is 2.77 bits per heavy atom. The van der Waals surface area contributed by atoms with Crippen LogP contribution in [-0.2, 0) is 6.54 Å². The molecular formula is C19H28N6O. The fourth-order valence-electron chi connectivity index (χ4n) is 3.04. The van der Waals surface area contributed by atoms with E-state index < -0.39 is 0 Å². The first-order valence-electron chi connectivity index (χ1n) is 9.24. The number of aromatic nitrogens is 2. The molecule has 3 rings (SSSR count). The maximum Gasteiger partial charge on any atom is 0.191 e. The molecule has 7 heteroatoms. The first-order chi connectivity index (χ1) is 12.7. The summed E-state index contributed by atoms with van der Waals surface area (Å²) in [5.41, 5.74) is 0.978. The van der Waals surface area contributed by atoms with Crippen LogP contribution in [0.5, 0.6) is 0 Å². The summed E-state index contributed by atoms with van der Waals surface area (Å²) in [6.45, 7) is 6.77. The molecule has 1 aliphatic rings. The van der Waals surface area contributed by atoms with Crippen LogP contribution < -0.4 is 15.5 Å². The number of pyridine rings is 1. The minimum atomic E-state index is 0.370. The molecule has 0 spiro atoms. The monoisotopic (exact) mass is 356 g/mol. The second-order valence-electron chi connectivity index (χ2n) is 6.89. The highest BCUT2D eigenvalue weighted by atomic mass is 16.5. The van der Waals surface area contributed by atoms with Gasteiger partial charge in [-0.05, 0) is 30.9 Å². The van der Waals surface area contributed by atoms with E-state index in [1.807, 2.05) is 24.4 Å². The molecule has 7 nitrogen and oxygen atoms in total. The van der Waals surface area contributed by atoms with Crippen LogP contribution in [0.4, 0.5) is 5.82 Å². The third-order valence-corrected chi connectivity index (χ3v) is 4.63. The fraction of sp³-hybridized carbons (Fsp3) is 0.526. The van der Waals surface area contributed by atoms with Crippen molar-refractivity contribution in [3.05, 3.63) is 41.9 Å². The molecule has 2 aromatic rings. The lowest BCUT2D eigenvalue weighted by atomic mass is 10.1. The Bertz CT molecular complexity index is 704. The van der Waals surface area contributed by atoms with Gasteiger partial charge in [-0.15, -0.1) is 0 Å². The largest absolute Gasteiger partial charge is 0.359 e. The van der Waals surface area contributed by atoms with E-state index in [1.54, 1.807) is 7.05 Å². The van der Waals surface area contributed by atoms with E-state index >= 15 is 0 Å². The van der Waals surface area contributed by atoms with E-state index in [2.05, 4.69) is 50.6 Å². The molecule has 0 aromatic carbocycles. The normalized spacial score (nSPS) is 16.2. The molecule has 0 unspecified atom stereocenters. The zero-order valence-electron chi connectivity index (χ0n) is 15.8. The molecule has 3 heterocycles. The van der Waals surface area contributed by atoms with Gasteiger partial charge in [0.2, 0.25) is 0 Å². The lowest BCUT2D eigenvalue weighted by Crippen LogP contribution is -2.48. The predicted octanol–water partition coefficient (Wildman–Crippen LogP) is 2.53. The summed E-state index contributed by atoms with van der Waals surface area (Å²) >= 11 is 0. The maximum absolute atomic E-state index is 5.37. The lowest BCUT2D eigenvalue weighted by Gasteiger charge is -2.33. The number of aliphatic imine (C=N–C) groups is 1. The number of anilines is 1. The molecule has 0 saturated carbocycles. The van der Waals surface area contributed by atoms with Gasteiger partial charge in [0.1, 0.15) is 5.82 Å². The zero-order chi connectivity index (χ0) is 18.4. The molecule has 1 saturated heterocycles. The second-order valence-corrected chi connectivity index (χ2v) is 6.89. The van der Waals surface area contributed by atoms with Gasteiger partial charge in [-0.2, -0.15) is 0 Å². The Kier molecular flexibility index (Phi) is 6.09. The summed E-state index contributed by atoms with van der Waals surface area (Å²) in [5.74, 6) is 3.04. The van der Waals surface area contributed by atoms with Crippen LogP contribution in [0.2, 0.25) is 0 Å². The number of guanidine groups is 1. The van der Waals surface area contributed by atoms with Gasteiger partial charge in [-0.1, -0.05) is 25.1 Å². The molecule has 1 aliphatic heterocycles. The summed E-state index contributed by atoms with van der Waals surface area (Å²) in [7, 11) is 1.79. The van der Waals surface area contributed by atoms with Crippen molar-refractivity contribution < 1.29 is 4.52 Å². The first kappa shape index (κ1) is 18.2. The average molecular weight is 356 g/mol. The Hall–Kier alpha value is -2.57. The molecule has 140 valence electrons. The average Bonchev–Trinajstić information content (AvgIpc) is 3.16. The quantitative estimate of drug-likeness (QED) is 0.633. The van der Waals surface area contributed by atoms with Crippen molar-refractivity contribution >= 4 is 11.8 Å². The van der Waals surface area contributed by atoms with E-state index in [4.69, 9.17) is 4.52 Å². The van der Waals surface area contributed by atoms with Gasteiger partial charge in [-0.3, -0.25) is 4.99 Å². The van der Waals surface area contributed by atoms with Crippen LogP contribution in [0.3, 0.4) is 0 Å². The number of hydrogen-bond donors (Lipinski definition) is 2. The molecule has 2 aromatic heterocycles. The minimum Gasteiger partial charge on any atom is -0.359 e. The minimum absolute atomic E-state index is 0.370. The molecule has 0 atom stereocenters. The van der Waals surface area contributed by atoms with E-state index in [0.717, 1.165) is 49.2 Å². The van der Waals surface area contributed by atoms with Gasteiger partial charge < -0.3 is 20.1 Å². The van der Waals surface area contributed by atoms with Gasteiger partial charge in [-0.25, -0.2) is 4.98 Å². The summed E-state index contributed by atoms with van der Waals surface area (Å²) in [6.07, 6.45) is 3.95. The number of piperidine rings is 1. The van der Waals surface area contributed by atoms with E-state index in [1.165, 1.54) is 0 Å². The molecule has 0 amide bonds. The summed E-state index contributed by atoms with van der Waals surface area (Å²) in [5, 5.41) is 10.9. The molecule has 0 bridgehead atoms. The lowest BCUT2D eigenvalue weighted by molar-refractivity contribution is 0.371.